The summed E-state index contributed by atoms with van der Waals surface area (Å²) in [5.74, 6) is 0.605. The van der Waals surface area contributed by atoms with Crippen molar-refractivity contribution in [1.29, 1.82) is 0 Å². The Labute approximate surface area is 165 Å². The number of benzene rings is 1. The molecule has 9 heteroatoms. The van der Waals surface area contributed by atoms with E-state index in [1.165, 1.54) is 12.1 Å². The van der Waals surface area contributed by atoms with Crippen LogP contribution in [0.3, 0.4) is 0 Å². The fourth-order valence-electron chi connectivity index (χ4n) is 3.28. The number of rotatable bonds is 6. The molecule has 1 amide bonds. The van der Waals surface area contributed by atoms with Crippen molar-refractivity contribution in [3.63, 3.8) is 0 Å². The molecule has 0 spiro atoms. The highest BCUT2D eigenvalue weighted by Crippen LogP contribution is 2.20. The van der Waals surface area contributed by atoms with E-state index in [1.54, 1.807) is 18.3 Å². The van der Waals surface area contributed by atoms with Crippen LogP contribution in [0.15, 0.2) is 41.4 Å². The average Bonchev–Trinajstić information content (AvgIpc) is 2.68. The standard InChI is InChI=1S/C19H25N5O3S/c1-14-8-10-22-19(23-14)24-12-2-3-16(13-24)18(25)21-11-9-15-4-6-17(7-5-15)28(20,26)27/h4-8,10,16H,2-3,9,11-13H2,1H3,(H,21,25)(H2,20,26,27)/t16-/m1/s1. The summed E-state index contributed by atoms with van der Waals surface area (Å²) >= 11 is 0. The Morgan fingerprint density at radius 2 is 2.04 bits per heavy atom. The molecule has 0 bridgehead atoms. The zero-order valence-electron chi connectivity index (χ0n) is 15.8. The lowest BCUT2D eigenvalue weighted by atomic mass is 9.97. The fourth-order valence-corrected chi connectivity index (χ4v) is 3.80. The molecule has 0 aliphatic carbocycles. The number of aromatic nitrogens is 2. The highest BCUT2D eigenvalue weighted by atomic mass is 32.2. The first-order valence-electron chi connectivity index (χ1n) is 9.27. The second-order valence-electron chi connectivity index (χ2n) is 7.01. The minimum absolute atomic E-state index is 0.0264. The molecule has 3 rings (SSSR count). The van der Waals surface area contributed by atoms with Gasteiger partial charge in [0.1, 0.15) is 0 Å². The predicted molar refractivity (Wildman–Crippen MR) is 106 cm³/mol. The van der Waals surface area contributed by atoms with Gasteiger partial charge in [-0.25, -0.2) is 23.5 Å². The van der Waals surface area contributed by atoms with Gasteiger partial charge in [-0.05, 0) is 49.9 Å². The maximum atomic E-state index is 12.5. The van der Waals surface area contributed by atoms with Gasteiger partial charge in [-0.2, -0.15) is 0 Å². The molecule has 0 unspecified atom stereocenters. The van der Waals surface area contributed by atoms with Gasteiger partial charge in [0.2, 0.25) is 21.9 Å². The van der Waals surface area contributed by atoms with Crippen molar-refractivity contribution in [2.45, 2.75) is 31.1 Å². The molecule has 3 N–H and O–H groups in total. The molecule has 8 nitrogen and oxygen atoms in total. The highest BCUT2D eigenvalue weighted by Gasteiger charge is 2.26. The molecule has 0 radical (unpaired) electrons. The number of aryl methyl sites for hydroxylation is 1. The number of amides is 1. The van der Waals surface area contributed by atoms with E-state index in [-0.39, 0.29) is 16.7 Å². The Bertz CT molecular complexity index is 931. The zero-order chi connectivity index (χ0) is 20.1. The molecule has 1 aromatic carbocycles. The van der Waals surface area contributed by atoms with Crippen LogP contribution in [-0.4, -0.2) is 43.9 Å². The molecule has 1 aromatic heterocycles. The fraction of sp³-hybridized carbons (Fsp3) is 0.421. The third-order valence-electron chi connectivity index (χ3n) is 4.82. The number of hydrogen-bond donors (Lipinski definition) is 2. The number of carbonyl (C=O) groups excluding carboxylic acids is 1. The first kappa shape index (κ1) is 20.2. The van der Waals surface area contributed by atoms with Crippen molar-refractivity contribution >= 4 is 21.9 Å². The van der Waals surface area contributed by atoms with Gasteiger partial charge in [-0.15, -0.1) is 0 Å². The third-order valence-corrected chi connectivity index (χ3v) is 5.75. The number of primary sulfonamides is 1. The molecular weight excluding hydrogens is 378 g/mol. The van der Waals surface area contributed by atoms with E-state index in [4.69, 9.17) is 5.14 Å². The SMILES string of the molecule is Cc1ccnc(N2CCC[C@@H](C(=O)NCCc3ccc(S(N)(=O)=O)cc3)C2)n1. The summed E-state index contributed by atoms with van der Waals surface area (Å²) in [6, 6.07) is 8.24. The summed E-state index contributed by atoms with van der Waals surface area (Å²) < 4.78 is 22.6. The molecule has 28 heavy (non-hydrogen) atoms. The maximum absolute atomic E-state index is 12.5. The Hall–Kier alpha value is -2.52. The molecule has 1 atom stereocenters. The summed E-state index contributed by atoms with van der Waals surface area (Å²) in [7, 11) is -3.68. The van der Waals surface area contributed by atoms with E-state index < -0.39 is 10.0 Å². The first-order chi connectivity index (χ1) is 13.3. The van der Waals surface area contributed by atoms with E-state index in [1.807, 2.05) is 13.0 Å². The van der Waals surface area contributed by atoms with Crippen LogP contribution >= 0.6 is 0 Å². The van der Waals surface area contributed by atoms with Gasteiger partial charge in [0.25, 0.3) is 0 Å². The van der Waals surface area contributed by atoms with E-state index in [0.717, 1.165) is 30.6 Å². The van der Waals surface area contributed by atoms with Gasteiger partial charge in [0.05, 0.1) is 10.8 Å². The van der Waals surface area contributed by atoms with Gasteiger partial charge in [0, 0.05) is 31.5 Å². The van der Waals surface area contributed by atoms with Gasteiger partial charge < -0.3 is 10.2 Å². The van der Waals surface area contributed by atoms with Crippen LogP contribution in [0, 0.1) is 12.8 Å². The van der Waals surface area contributed by atoms with E-state index in [9.17, 15) is 13.2 Å². The quantitative estimate of drug-likeness (QED) is 0.743. The third kappa shape index (κ3) is 5.26. The van der Waals surface area contributed by atoms with Gasteiger partial charge in [-0.1, -0.05) is 12.1 Å². The lowest BCUT2D eigenvalue weighted by Crippen LogP contribution is -2.44. The van der Waals surface area contributed by atoms with Crippen LogP contribution in [0.1, 0.15) is 24.1 Å². The number of nitrogens with one attached hydrogen (secondary N) is 1. The van der Waals surface area contributed by atoms with Crippen molar-refractivity contribution in [2.75, 3.05) is 24.5 Å². The number of nitrogens with zero attached hydrogens (tertiary/aromatic N) is 3. The molecule has 1 fully saturated rings. The van der Waals surface area contributed by atoms with Crippen molar-refractivity contribution in [1.82, 2.24) is 15.3 Å². The Morgan fingerprint density at radius 1 is 1.29 bits per heavy atom. The topological polar surface area (TPSA) is 118 Å². The van der Waals surface area contributed by atoms with Gasteiger partial charge in [0.15, 0.2) is 0 Å². The molecule has 2 aromatic rings. The lowest BCUT2D eigenvalue weighted by Gasteiger charge is -2.32. The minimum atomic E-state index is -3.68. The summed E-state index contributed by atoms with van der Waals surface area (Å²) in [5.41, 5.74) is 1.84. The van der Waals surface area contributed by atoms with Crippen LogP contribution in [0.4, 0.5) is 5.95 Å². The molecule has 1 saturated heterocycles. The molecule has 1 aliphatic rings. The van der Waals surface area contributed by atoms with E-state index >= 15 is 0 Å². The average molecular weight is 404 g/mol. The molecule has 0 saturated carbocycles. The number of hydrogen-bond acceptors (Lipinski definition) is 6. The zero-order valence-corrected chi connectivity index (χ0v) is 16.7. The Balaban J connectivity index is 1.50. The van der Waals surface area contributed by atoms with E-state index in [2.05, 4.69) is 20.2 Å². The van der Waals surface area contributed by atoms with Crippen LogP contribution in [-0.2, 0) is 21.2 Å². The summed E-state index contributed by atoms with van der Waals surface area (Å²) in [6.07, 6.45) is 4.12. The smallest absolute Gasteiger partial charge is 0.238 e. The van der Waals surface area contributed by atoms with Gasteiger partial charge in [-0.3, -0.25) is 4.79 Å². The van der Waals surface area contributed by atoms with Crippen LogP contribution in [0.5, 0.6) is 0 Å². The van der Waals surface area contributed by atoms with Crippen molar-refractivity contribution in [2.24, 2.45) is 11.1 Å². The first-order valence-corrected chi connectivity index (χ1v) is 10.8. The second-order valence-corrected chi connectivity index (χ2v) is 8.57. The maximum Gasteiger partial charge on any atom is 0.238 e. The predicted octanol–water partition coefficient (Wildman–Crippen LogP) is 1.01. The number of piperidine rings is 1. The number of sulfonamides is 1. The Kier molecular flexibility index (Phi) is 6.25. The Morgan fingerprint density at radius 3 is 2.71 bits per heavy atom. The number of nitrogens with two attached hydrogens (primary N) is 1. The minimum Gasteiger partial charge on any atom is -0.355 e. The molecule has 2 heterocycles. The number of carbonyl (C=O) groups is 1. The molecule has 1 aliphatic heterocycles. The van der Waals surface area contributed by atoms with Crippen molar-refractivity contribution in [3.05, 3.63) is 47.8 Å². The van der Waals surface area contributed by atoms with Crippen LogP contribution < -0.4 is 15.4 Å². The van der Waals surface area contributed by atoms with Crippen LogP contribution in [0.25, 0.3) is 0 Å². The normalized spacial score (nSPS) is 17.4. The molecular formula is C19H25N5O3S. The molecule has 150 valence electrons. The van der Waals surface area contributed by atoms with Crippen molar-refractivity contribution in [3.8, 4) is 0 Å². The second kappa shape index (κ2) is 8.66. The van der Waals surface area contributed by atoms with Crippen LogP contribution in [0.2, 0.25) is 0 Å². The summed E-state index contributed by atoms with van der Waals surface area (Å²) in [6.45, 7) is 3.88. The highest BCUT2D eigenvalue weighted by molar-refractivity contribution is 7.89. The van der Waals surface area contributed by atoms with E-state index in [0.29, 0.717) is 25.5 Å². The van der Waals surface area contributed by atoms with Gasteiger partial charge >= 0.3 is 0 Å². The monoisotopic (exact) mass is 403 g/mol. The summed E-state index contributed by atoms with van der Waals surface area (Å²) in [4.78, 5) is 23.5. The van der Waals surface area contributed by atoms with Crippen molar-refractivity contribution < 1.29 is 13.2 Å². The number of anilines is 1. The largest absolute Gasteiger partial charge is 0.355 e. The summed E-state index contributed by atoms with van der Waals surface area (Å²) in [5, 5.41) is 8.07. The lowest BCUT2D eigenvalue weighted by molar-refractivity contribution is -0.125.